The number of benzene rings is 2. The fraction of sp³-hybridized carbons (Fsp3) is 0.208. The minimum absolute atomic E-state index is 0.0338. The molecule has 0 atom stereocenters. The third kappa shape index (κ3) is 4.17. The molecule has 1 aromatic heterocycles. The Morgan fingerprint density at radius 3 is 2.25 bits per heavy atom. The molecule has 28 heavy (non-hydrogen) atoms. The van der Waals surface area contributed by atoms with Crippen molar-refractivity contribution in [1.82, 2.24) is 4.57 Å². The minimum Gasteiger partial charge on any atom is -0.497 e. The normalized spacial score (nSPS) is 11.0. The molecule has 0 aliphatic heterocycles. The maximum absolute atomic E-state index is 12.4. The molecule has 0 bridgehead atoms. The van der Waals surface area contributed by atoms with E-state index in [4.69, 9.17) is 9.47 Å². The van der Waals surface area contributed by atoms with Crippen molar-refractivity contribution in [3.05, 3.63) is 83.2 Å². The van der Waals surface area contributed by atoms with Crippen LogP contribution in [0.1, 0.15) is 34.2 Å². The first-order valence-electron chi connectivity index (χ1n) is 9.32. The van der Waals surface area contributed by atoms with Crippen molar-refractivity contribution in [2.45, 2.75) is 20.8 Å². The number of ketones is 1. The molecular formula is C24H25NO3. The summed E-state index contributed by atoms with van der Waals surface area (Å²) >= 11 is 0. The summed E-state index contributed by atoms with van der Waals surface area (Å²) in [7, 11) is 1.61. The number of ether oxygens (including phenoxy) is 2. The fourth-order valence-corrected chi connectivity index (χ4v) is 3.23. The van der Waals surface area contributed by atoms with Gasteiger partial charge >= 0.3 is 0 Å². The largest absolute Gasteiger partial charge is 0.497 e. The molecule has 0 unspecified atom stereocenters. The first-order valence-corrected chi connectivity index (χ1v) is 9.32. The maximum atomic E-state index is 12.4. The Balaban J connectivity index is 1.82. The molecule has 0 aliphatic rings. The van der Waals surface area contributed by atoms with Crippen LogP contribution in [-0.2, 0) is 0 Å². The Hall–Kier alpha value is -3.27. The maximum Gasteiger partial charge on any atom is 0.185 e. The molecule has 0 fully saturated rings. The van der Waals surface area contributed by atoms with Crippen LogP contribution in [0.5, 0.6) is 11.5 Å². The van der Waals surface area contributed by atoms with E-state index < -0.39 is 0 Å². The van der Waals surface area contributed by atoms with Gasteiger partial charge in [0.2, 0.25) is 0 Å². The van der Waals surface area contributed by atoms with Gasteiger partial charge in [0.25, 0.3) is 0 Å². The average Bonchev–Trinajstić information content (AvgIpc) is 3.00. The number of hydrogen-bond donors (Lipinski definition) is 0. The molecular weight excluding hydrogens is 350 g/mol. The minimum atomic E-state index is -0.0338. The van der Waals surface area contributed by atoms with Crippen LogP contribution in [0.3, 0.4) is 0 Å². The lowest BCUT2D eigenvalue weighted by Gasteiger charge is -2.11. The lowest BCUT2D eigenvalue weighted by molar-refractivity contribution is 0.104. The second-order valence-corrected chi connectivity index (χ2v) is 6.51. The summed E-state index contributed by atoms with van der Waals surface area (Å²) in [5.41, 5.74) is 4.92. The van der Waals surface area contributed by atoms with Gasteiger partial charge < -0.3 is 14.0 Å². The Bertz CT molecular complexity index is 980. The second kappa shape index (κ2) is 8.61. The first kappa shape index (κ1) is 19.5. The summed E-state index contributed by atoms with van der Waals surface area (Å²) in [5, 5.41) is 0. The molecule has 4 nitrogen and oxygen atoms in total. The van der Waals surface area contributed by atoms with Crippen molar-refractivity contribution in [2.24, 2.45) is 0 Å². The summed E-state index contributed by atoms with van der Waals surface area (Å²) < 4.78 is 12.8. The SMILES string of the molecule is CCOc1ccc(-n2c(C)cc(/C=C/C(=O)c3ccc(OC)cc3)c2C)cc1. The number of carbonyl (C=O) groups excluding carboxylic acids is 1. The monoisotopic (exact) mass is 375 g/mol. The molecule has 3 aromatic rings. The van der Waals surface area contributed by atoms with Crippen LogP contribution in [-0.4, -0.2) is 24.1 Å². The van der Waals surface area contributed by atoms with Crippen molar-refractivity contribution in [3.63, 3.8) is 0 Å². The Morgan fingerprint density at radius 2 is 1.64 bits per heavy atom. The van der Waals surface area contributed by atoms with Gasteiger partial charge in [0.05, 0.1) is 13.7 Å². The summed E-state index contributed by atoms with van der Waals surface area (Å²) in [4.78, 5) is 12.4. The molecule has 0 amide bonds. The van der Waals surface area contributed by atoms with E-state index in [0.29, 0.717) is 12.2 Å². The number of methoxy groups -OCH3 is 1. The second-order valence-electron chi connectivity index (χ2n) is 6.51. The highest BCUT2D eigenvalue weighted by Crippen LogP contribution is 2.24. The predicted octanol–water partition coefficient (Wildman–Crippen LogP) is 5.40. The molecule has 2 aromatic carbocycles. The smallest absolute Gasteiger partial charge is 0.185 e. The van der Waals surface area contributed by atoms with Crippen molar-refractivity contribution in [3.8, 4) is 17.2 Å². The van der Waals surface area contributed by atoms with Crippen LogP contribution in [0.2, 0.25) is 0 Å². The molecule has 144 valence electrons. The molecule has 0 saturated heterocycles. The summed E-state index contributed by atoms with van der Waals surface area (Å²) in [5.74, 6) is 1.56. The van der Waals surface area contributed by atoms with Gasteiger partial charge in [0.1, 0.15) is 11.5 Å². The first-order chi connectivity index (χ1) is 13.5. The number of carbonyl (C=O) groups is 1. The lowest BCUT2D eigenvalue weighted by atomic mass is 10.1. The van der Waals surface area contributed by atoms with Crippen LogP contribution in [0, 0.1) is 13.8 Å². The van der Waals surface area contributed by atoms with Crippen molar-refractivity contribution in [1.29, 1.82) is 0 Å². The number of aryl methyl sites for hydroxylation is 1. The highest BCUT2D eigenvalue weighted by molar-refractivity contribution is 6.06. The molecule has 0 radical (unpaired) electrons. The van der Waals surface area contributed by atoms with E-state index in [-0.39, 0.29) is 5.78 Å². The Labute approximate surface area is 166 Å². The number of aromatic nitrogens is 1. The van der Waals surface area contributed by atoms with Gasteiger partial charge in [-0.2, -0.15) is 0 Å². The third-order valence-electron chi connectivity index (χ3n) is 4.67. The highest BCUT2D eigenvalue weighted by Gasteiger charge is 2.10. The van der Waals surface area contributed by atoms with E-state index in [9.17, 15) is 4.79 Å². The molecule has 1 heterocycles. The van der Waals surface area contributed by atoms with E-state index >= 15 is 0 Å². The topological polar surface area (TPSA) is 40.5 Å². The Kier molecular flexibility index (Phi) is 5.99. The molecule has 0 aliphatic carbocycles. The van der Waals surface area contributed by atoms with Crippen molar-refractivity contribution >= 4 is 11.9 Å². The molecule has 0 N–H and O–H groups in total. The molecule has 4 heteroatoms. The number of nitrogens with zero attached hydrogens (tertiary/aromatic N) is 1. The van der Waals surface area contributed by atoms with Crippen LogP contribution in [0.25, 0.3) is 11.8 Å². The average molecular weight is 375 g/mol. The fourth-order valence-electron chi connectivity index (χ4n) is 3.23. The zero-order valence-electron chi connectivity index (χ0n) is 16.7. The van der Waals surface area contributed by atoms with E-state index in [1.165, 1.54) is 0 Å². The van der Waals surface area contributed by atoms with E-state index in [2.05, 4.69) is 24.5 Å². The summed E-state index contributed by atoms with van der Waals surface area (Å²) in [6.07, 6.45) is 3.49. The lowest BCUT2D eigenvalue weighted by Crippen LogP contribution is -1.99. The van der Waals surface area contributed by atoms with E-state index in [1.54, 1.807) is 37.5 Å². The molecule has 0 spiro atoms. The zero-order valence-corrected chi connectivity index (χ0v) is 16.7. The quantitative estimate of drug-likeness (QED) is 0.410. The van der Waals surface area contributed by atoms with Crippen LogP contribution >= 0.6 is 0 Å². The molecule has 0 saturated carbocycles. The predicted molar refractivity (Wildman–Crippen MR) is 113 cm³/mol. The van der Waals surface area contributed by atoms with Gasteiger partial charge in [-0.05, 0) is 93.1 Å². The zero-order chi connectivity index (χ0) is 20.1. The van der Waals surface area contributed by atoms with Crippen molar-refractivity contribution in [2.75, 3.05) is 13.7 Å². The highest BCUT2D eigenvalue weighted by atomic mass is 16.5. The standard InChI is InChI=1S/C24H25NO3/c1-5-28-23-13-9-21(10-14-23)25-17(2)16-20(18(25)3)8-15-24(26)19-6-11-22(27-4)12-7-19/h6-16H,5H2,1-4H3/b15-8+. The third-order valence-corrected chi connectivity index (χ3v) is 4.67. The summed E-state index contributed by atoms with van der Waals surface area (Å²) in [6.45, 7) is 6.74. The van der Waals surface area contributed by atoms with Crippen LogP contribution < -0.4 is 9.47 Å². The van der Waals surface area contributed by atoms with Crippen molar-refractivity contribution < 1.29 is 14.3 Å². The van der Waals surface area contributed by atoms with Gasteiger partial charge in [-0.1, -0.05) is 0 Å². The van der Waals surface area contributed by atoms with E-state index in [0.717, 1.165) is 34.1 Å². The van der Waals surface area contributed by atoms with Gasteiger partial charge in [-0.15, -0.1) is 0 Å². The Morgan fingerprint density at radius 1 is 1.00 bits per heavy atom. The number of allylic oxidation sites excluding steroid dienone is 1. The van der Waals surface area contributed by atoms with Crippen LogP contribution in [0.15, 0.2) is 60.7 Å². The van der Waals surface area contributed by atoms with Gasteiger partial charge in [0.15, 0.2) is 5.78 Å². The number of rotatable bonds is 7. The number of hydrogen-bond acceptors (Lipinski definition) is 3. The summed E-state index contributed by atoms with van der Waals surface area (Å²) in [6, 6.07) is 17.2. The van der Waals surface area contributed by atoms with Gasteiger partial charge in [0, 0.05) is 22.6 Å². The van der Waals surface area contributed by atoms with Crippen LogP contribution in [0.4, 0.5) is 0 Å². The van der Waals surface area contributed by atoms with Gasteiger partial charge in [-0.3, -0.25) is 4.79 Å². The van der Waals surface area contributed by atoms with E-state index in [1.807, 2.05) is 37.3 Å². The molecule has 3 rings (SSSR count). The van der Waals surface area contributed by atoms with Gasteiger partial charge in [-0.25, -0.2) is 0 Å².